The molecule has 0 unspecified atom stereocenters. The van der Waals surface area contributed by atoms with Gasteiger partial charge in [-0.3, -0.25) is 10.1 Å². The summed E-state index contributed by atoms with van der Waals surface area (Å²) in [4.78, 5) is 17.0. The van der Waals surface area contributed by atoms with Crippen molar-refractivity contribution in [2.75, 3.05) is 19.0 Å². The minimum absolute atomic E-state index is 0.211. The monoisotopic (exact) mass is 534 g/mol. The summed E-state index contributed by atoms with van der Waals surface area (Å²) in [5.74, 6) is 2.82. The van der Waals surface area contributed by atoms with Crippen molar-refractivity contribution in [3.05, 3.63) is 65.5 Å². The molecular formula is C28H30N4O5S. The number of rotatable bonds is 10. The highest BCUT2D eigenvalue weighted by molar-refractivity contribution is 7.13. The average molecular weight is 535 g/mol. The van der Waals surface area contributed by atoms with Gasteiger partial charge in [0.25, 0.3) is 5.91 Å². The van der Waals surface area contributed by atoms with Crippen LogP contribution in [0.25, 0.3) is 11.5 Å². The Balaban J connectivity index is 1.32. The molecule has 1 atom stereocenters. The van der Waals surface area contributed by atoms with Crippen LogP contribution in [-0.2, 0) is 4.74 Å². The van der Waals surface area contributed by atoms with E-state index in [1.165, 1.54) is 30.6 Å². The molecule has 198 valence electrons. The van der Waals surface area contributed by atoms with Gasteiger partial charge in [0, 0.05) is 41.8 Å². The predicted octanol–water partition coefficient (Wildman–Crippen LogP) is 6.70. The number of hydrogen-bond acceptors (Lipinski definition) is 9. The van der Waals surface area contributed by atoms with Crippen LogP contribution in [0.2, 0.25) is 0 Å². The molecule has 0 saturated heterocycles. The number of amides is 1. The predicted molar refractivity (Wildman–Crippen MR) is 144 cm³/mol. The summed E-state index contributed by atoms with van der Waals surface area (Å²) in [6, 6.07) is 12.5. The normalized spacial score (nSPS) is 14.7. The first-order valence-electron chi connectivity index (χ1n) is 12.7. The maximum absolute atomic E-state index is 12.9. The third-order valence-electron chi connectivity index (χ3n) is 6.27. The van der Waals surface area contributed by atoms with Crippen LogP contribution in [0.4, 0.5) is 5.13 Å². The lowest BCUT2D eigenvalue weighted by Gasteiger charge is -2.17. The largest absolute Gasteiger partial charge is 0.488 e. The van der Waals surface area contributed by atoms with Gasteiger partial charge in [-0.05, 0) is 56.2 Å². The van der Waals surface area contributed by atoms with Crippen molar-refractivity contribution in [1.29, 1.82) is 0 Å². The van der Waals surface area contributed by atoms with Crippen LogP contribution in [0.3, 0.4) is 0 Å². The Labute approximate surface area is 225 Å². The number of ether oxygens (including phenoxy) is 3. The Morgan fingerprint density at radius 3 is 2.61 bits per heavy atom. The Hall–Kier alpha value is -3.76. The molecule has 1 aliphatic rings. The zero-order valence-corrected chi connectivity index (χ0v) is 22.2. The lowest BCUT2D eigenvalue weighted by molar-refractivity contribution is 0.0916. The van der Waals surface area contributed by atoms with Crippen LogP contribution in [0.1, 0.15) is 61.2 Å². The first-order valence-corrected chi connectivity index (χ1v) is 13.6. The molecule has 10 heteroatoms. The molecule has 2 heterocycles. The second kappa shape index (κ2) is 12.2. The van der Waals surface area contributed by atoms with Crippen LogP contribution >= 0.6 is 11.3 Å². The average Bonchev–Trinajstić information content (AvgIpc) is 3.62. The number of aromatic nitrogens is 3. The Morgan fingerprint density at radius 1 is 1.08 bits per heavy atom. The second-order valence-corrected chi connectivity index (χ2v) is 10.2. The Morgan fingerprint density at radius 2 is 1.87 bits per heavy atom. The van der Waals surface area contributed by atoms with E-state index in [0.29, 0.717) is 46.4 Å². The number of nitrogens with zero attached hydrogens (tertiary/aromatic N) is 3. The van der Waals surface area contributed by atoms with Gasteiger partial charge in [0.05, 0.1) is 6.61 Å². The summed E-state index contributed by atoms with van der Waals surface area (Å²) in [5.41, 5.74) is 1.20. The van der Waals surface area contributed by atoms with Crippen molar-refractivity contribution in [2.45, 2.75) is 51.0 Å². The summed E-state index contributed by atoms with van der Waals surface area (Å²) >= 11 is 1.34. The van der Waals surface area contributed by atoms with Crippen LogP contribution in [0.5, 0.6) is 17.2 Å². The maximum atomic E-state index is 12.9. The molecule has 2 aromatic carbocycles. The number of thiazole rings is 1. The molecular weight excluding hydrogens is 504 g/mol. The highest BCUT2D eigenvalue weighted by Crippen LogP contribution is 2.34. The van der Waals surface area contributed by atoms with Gasteiger partial charge in [0.2, 0.25) is 11.8 Å². The van der Waals surface area contributed by atoms with Crippen molar-refractivity contribution in [2.24, 2.45) is 0 Å². The van der Waals surface area contributed by atoms with Gasteiger partial charge in [-0.1, -0.05) is 19.3 Å². The molecule has 38 heavy (non-hydrogen) atoms. The number of benzene rings is 2. The number of methoxy groups -OCH3 is 1. The molecule has 4 aromatic rings. The number of hydrogen-bond donors (Lipinski definition) is 1. The molecule has 0 bridgehead atoms. The van der Waals surface area contributed by atoms with Gasteiger partial charge >= 0.3 is 0 Å². The zero-order valence-electron chi connectivity index (χ0n) is 21.4. The zero-order chi connectivity index (χ0) is 26.3. The quantitative estimate of drug-likeness (QED) is 0.239. The van der Waals surface area contributed by atoms with Gasteiger partial charge in [0.1, 0.15) is 23.4 Å². The molecule has 1 N–H and O–H groups in total. The molecule has 0 radical (unpaired) electrons. The molecule has 9 nitrogen and oxygen atoms in total. The van der Waals surface area contributed by atoms with Crippen LogP contribution in [-0.4, -0.2) is 40.9 Å². The number of anilines is 1. The van der Waals surface area contributed by atoms with Crippen LogP contribution in [0.15, 0.2) is 58.5 Å². The van der Waals surface area contributed by atoms with E-state index in [9.17, 15) is 4.79 Å². The van der Waals surface area contributed by atoms with Crippen molar-refractivity contribution in [1.82, 2.24) is 15.2 Å². The lowest BCUT2D eigenvalue weighted by atomic mass is 9.89. The standard InChI is InChI=1S/C28H30N4O5S/c1-18(17-34-2)35-23-14-21(25(33)30-28-29-12-13-38-28)15-24(16-23)36-22-10-8-20(9-11-22)27-32-31-26(37-27)19-6-4-3-5-7-19/h8-16,18-19H,3-7,17H2,1-2H3,(H,29,30,33)/t18-/m1/s1. The summed E-state index contributed by atoms with van der Waals surface area (Å²) < 4.78 is 23.2. The first-order chi connectivity index (χ1) is 18.6. The van der Waals surface area contributed by atoms with Crippen LogP contribution in [0, 0.1) is 0 Å². The lowest BCUT2D eigenvalue weighted by Crippen LogP contribution is -2.18. The minimum Gasteiger partial charge on any atom is -0.488 e. The summed E-state index contributed by atoms with van der Waals surface area (Å²) in [7, 11) is 1.61. The van der Waals surface area contributed by atoms with E-state index in [4.69, 9.17) is 18.6 Å². The summed E-state index contributed by atoms with van der Waals surface area (Å²) in [6.45, 7) is 2.30. The molecule has 1 fully saturated rings. The topological polar surface area (TPSA) is 109 Å². The maximum Gasteiger partial charge on any atom is 0.257 e. The minimum atomic E-state index is -0.310. The number of carbonyl (C=O) groups excluding carboxylic acids is 1. The Bertz CT molecular complexity index is 1330. The third-order valence-corrected chi connectivity index (χ3v) is 6.95. The fourth-order valence-corrected chi connectivity index (χ4v) is 4.98. The van der Waals surface area contributed by atoms with Crippen molar-refractivity contribution >= 4 is 22.4 Å². The highest BCUT2D eigenvalue weighted by Gasteiger charge is 2.22. The summed E-state index contributed by atoms with van der Waals surface area (Å²) in [5, 5.41) is 13.7. The molecule has 0 aliphatic heterocycles. The molecule has 1 aliphatic carbocycles. The van der Waals surface area contributed by atoms with E-state index in [-0.39, 0.29) is 12.0 Å². The van der Waals surface area contributed by atoms with Gasteiger partial charge in [-0.15, -0.1) is 21.5 Å². The summed E-state index contributed by atoms with van der Waals surface area (Å²) in [6.07, 6.45) is 7.32. The molecule has 2 aromatic heterocycles. The molecule has 1 saturated carbocycles. The van der Waals surface area contributed by atoms with E-state index in [0.717, 1.165) is 24.3 Å². The van der Waals surface area contributed by atoms with Crippen molar-refractivity contribution in [3.8, 4) is 28.7 Å². The van der Waals surface area contributed by atoms with Crippen molar-refractivity contribution in [3.63, 3.8) is 0 Å². The van der Waals surface area contributed by atoms with E-state index < -0.39 is 0 Å². The van der Waals surface area contributed by atoms with Gasteiger partial charge in [0.15, 0.2) is 5.13 Å². The Kier molecular flexibility index (Phi) is 8.30. The molecule has 0 spiro atoms. The smallest absolute Gasteiger partial charge is 0.257 e. The van der Waals surface area contributed by atoms with E-state index >= 15 is 0 Å². The molecule has 5 rings (SSSR count). The van der Waals surface area contributed by atoms with Gasteiger partial charge in [-0.2, -0.15) is 0 Å². The third kappa shape index (κ3) is 6.56. The van der Waals surface area contributed by atoms with E-state index in [1.54, 1.807) is 36.9 Å². The van der Waals surface area contributed by atoms with E-state index in [1.807, 2.05) is 31.2 Å². The van der Waals surface area contributed by atoms with Crippen molar-refractivity contribution < 1.29 is 23.4 Å². The number of carbonyl (C=O) groups is 1. The molecule has 1 amide bonds. The fraction of sp³-hybridized carbons (Fsp3) is 0.357. The SMILES string of the molecule is COC[C@@H](C)Oc1cc(Oc2ccc(-c3nnc(C4CCCCC4)o3)cc2)cc(C(=O)Nc2nccs2)c1. The first kappa shape index (κ1) is 25.9. The van der Waals surface area contributed by atoms with Gasteiger partial charge < -0.3 is 18.6 Å². The highest BCUT2D eigenvalue weighted by atomic mass is 32.1. The second-order valence-electron chi connectivity index (χ2n) is 9.28. The van der Waals surface area contributed by atoms with Crippen LogP contribution < -0.4 is 14.8 Å². The van der Waals surface area contributed by atoms with E-state index in [2.05, 4.69) is 20.5 Å². The number of nitrogens with one attached hydrogen (secondary N) is 1. The fourth-order valence-electron chi connectivity index (χ4n) is 4.45. The van der Waals surface area contributed by atoms with Gasteiger partial charge in [-0.25, -0.2) is 4.98 Å².